The molecule has 1 aromatic carbocycles. The summed E-state index contributed by atoms with van der Waals surface area (Å²) in [5.41, 5.74) is 2.26. The van der Waals surface area contributed by atoms with Crippen LogP contribution in [0, 0.1) is 10.5 Å². The SMILES string of the molecule is CNc1nccc(Nc2cc(I)ccc2C)n1. The van der Waals surface area contributed by atoms with Gasteiger partial charge in [-0.05, 0) is 53.3 Å². The van der Waals surface area contributed by atoms with Gasteiger partial charge in [0.05, 0.1) is 0 Å². The van der Waals surface area contributed by atoms with Gasteiger partial charge in [0.2, 0.25) is 5.95 Å². The Balaban J connectivity index is 2.27. The van der Waals surface area contributed by atoms with Crippen molar-refractivity contribution in [2.75, 3.05) is 17.7 Å². The number of rotatable bonds is 3. The first-order valence-electron chi connectivity index (χ1n) is 5.23. The summed E-state index contributed by atoms with van der Waals surface area (Å²) < 4.78 is 1.19. The molecule has 0 radical (unpaired) electrons. The number of nitrogens with one attached hydrogen (secondary N) is 2. The molecule has 0 bridgehead atoms. The molecule has 0 atom stereocenters. The minimum absolute atomic E-state index is 0.610. The van der Waals surface area contributed by atoms with Crippen molar-refractivity contribution < 1.29 is 0 Å². The first-order valence-corrected chi connectivity index (χ1v) is 6.31. The summed E-state index contributed by atoms with van der Waals surface area (Å²) in [5, 5.41) is 6.21. The van der Waals surface area contributed by atoms with E-state index in [4.69, 9.17) is 0 Å². The van der Waals surface area contributed by atoms with Crippen molar-refractivity contribution in [1.82, 2.24) is 9.97 Å². The highest BCUT2D eigenvalue weighted by atomic mass is 127. The lowest BCUT2D eigenvalue weighted by Gasteiger charge is -2.09. The fraction of sp³-hybridized carbons (Fsp3) is 0.167. The van der Waals surface area contributed by atoms with E-state index in [1.165, 1.54) is 9.13 Å². The normalized spacial score (nSPS) is 10.1. The highest BCUT2D eigenvalue weighted by Gasteiger charge is 2.02. The molecule has 0 spiro atoms. The molecule has 0 amide bonds. The number of aryl methyl sites for hydroxylation is 1. The molecule has 88 valence electrons. The second-order valence-electron chi connectivity index (χ2n) is 3.60. The number of hydrogen-bond acceptors (Lipinski definition) is 4. The van der Waals surface area contributed by atoms with Crippen LogP contribution in [0.15, 0.2) is 30.5 Å². The average Bonchev–Trinajstić information content (AvgIpc) is 2.34. The average molecular weight is 340 g/mol. The zero-order chi connectivity index (χ0) is 12.3. The van der Waals surface area contributed by atoms with Crippen molar-refractivity contribution in [3.63, 3.8) is 0 Å². The predicted molar refractivity (Wildman–Crippen MR) is 78.8 cm³/mol. The van der Waals surface area contributed by atoms with E-state index in [-0.39, 0.29) is 0 Å². The maximum atomic E-state index is 4.32. The Morgan fingerprint density at radius 2 is 2.06 bits per heavy atom. The minimum Gasteiger partial charge on any atom is -0.357 e. The second kappa shape index (κ2) is 5.31. The molecule has 2 N–H and O–H groups in total. The smallest absolute Gasteiger partial charge is 0.224 e. The van der Waals surface area contributed by atoms with Gasteiger partial charge in [0.1, 0.15) is 5.82 Å². The number of aromatic nitrogens is 2. The molecule has 4 nitrogen and oxygen atoms in total. The van der Waals surface area contributed by atoms with Crippen molar-refractivity contribution in [2.45, 2.75) is 6.92 Å². The van der Waals surface area contributed by atoms with E-state index in [2.05, 4.69) is 68.3 Å². The molecule has 2 rings (SSSR count). The molecule has 0 aliphatic heterocycles. The summed E-state index contributed by atoms with van der Waals surface area (Å²) in [7, 11) is 1.80. The van der Waals surface area contributed by atoms with Crippen LogP contribution < -0.4 is 10.6 Å². The Hall–Kier alpha value is -1.37. The molecule has 5 heteroatoms. The molecule has 0 saturated carbocycles. The van der Waals surface area contributed by atoms with E-state index in [0.717, 1.165) is 11.5 Å². The third kappa shape index (κ3) is 3.06. The van der Waals surface area contributed by atoms with Crippen LogP contribution in [-0.4, -0.2) is 17.0 Å². The minimum atomic E-state index is 0.610. The van der Waals surface area contributed by atoms with Gasteiger partial charge in [0.15, 0.2) is 0 Å². The summed E-state index contributed by atoms with van der Waals surface area (Å²) in [6.07, 6.45) is 1.73. The largest absolute Gasteiger partial charge is 0.357 e. The lowest BCUT2D eigenvalue weighted by molar-refractivity contribution is 1.15. The molecule has 0 saturated heterocycles. The van der Waals surface area contributed by atoms with Crippen molar-refractivity contribution in [1.29, 1.82) is 0 Å². The highest BCUT2D eigenvalue weighted by molar-refractivity contribution is 14.1. The molecule has 0 fully saturated rings. The lowest BCUT2D eigenvalue weighted by Crippen LogP contribution is -2.00. The van der Waals surface area contributed by atoms with Crippen LogP contribution in [0.1, 0.15) is 5.56 Å². The van der Waals surface area contributed by atoms with Gasteiger partial charge in [0.25, 0.3) is 0 Å². The molecule has 17 heavy (non-hydrogen) atoms. The predicted octanol–water partition coefficient (Wildman–Crippen LogP) is 3.17. The second-order valence-corrected chi connectivity index (χ2v) is 4.85. The Morgan fingerprint density at radius 3 is 2.82 bits per heavy atom. The van der Waals surface area contributed by atoms with E-state index in [1.54, 1.807) is 13.2 Å². The van der Waals surface area contributed by atoms with Crippen LogP contribution in [-0.2, 0) is 0 Å². The van der Waals surface area contributed by atoms with E-state index in [0.29, 0.717) is 5.95 Å². The Bertz CT molecular complexity index is 528. The van der Waals surface area contributed by atoms with Crippen LogP contribution in [0.5, 0.6) is 0 Å². The molecule has 0 aliphatic carbocycles. The third-order valence-corrected chi connectivity index (χ3v) is 3.01. The van der Waals surface area contributed by atoms with Gasteiger partial charge in [-0.3, -0.25) is 0 Å². The summed E-state index contributed by atoms with van der Waals surface area (Å²) >= 11 is 2.29. The van der Waals surface area contributed by atoms with Gasteiger partial charge in [-0.25, -0.2) is 4.98 Å². The quantitative estimate of drug-likeness (QED) is 0.843. The molecule has 0 unspecified atom stereocenters. The number of anilines is 3. The summed E-state index contributed by atoms with van der Waals surface area (Å²) in [6, 6.07) is 8.11. The zero-order valence-corrected chi connectivity index (χ0v) is 11.8. The molecule has 2 aromatic rings. The highest BCUT2D eigenvalue weighted by Crippen LogP contribution is 2.21. The molecule has 1 aromatic heterocycles. The topological polar surface area (TPSA) is 49.8 Å². The van der Waals surface area contributed by atoms with Crippen LogP contribution >= 0.6 is 22.6 Å². The Kier molecular flexibility index (Phi) is 3.78. The van der Waals surface area contributed by atoms with Gasteiger partial charge >= 0.3 is 0 Å². The van der Waals surface area contributed by atoms with Gasteiger partial charge in [-0.15, -0.1) is 0 Å². The number of hydrogen-bond donors (Lipinski definition) is 2. The van der Waals surface area contributed by atoms with Crippen molar-refractivity contribution >= 4 is 40.0 Å². The maximum absolute atomic E-state index is 4.32. The van der Waals surface area contributed by atoms with E-state index in [1.807, 2.05) is 6.07 Å². The van der Waals surface area contributed by atoms with Gasteiger partial charge < -0.3 is 10.6 Å². The maximum Gasteiger partial charge on any atom is 0.224 e. The molecular formula is C12H13IN4. The van der Waals surface area contributed by atoms with Crippen molar-refractivity contribution in [3.05, 3.63) is 39.6 Å². The summed E-state index contributed by atoms with van der Waals surface area (Å²) in [6.45, 7) is 2.07. The summed E-state index contributed by atoms with van der Waals surface area (Å²) in [5.74, 6) is 1.40. The first kappa shape index (κ1) is 12.1. The van der Waals surface area contributed by atoms with Crippen LogP contribution in [0.4, 0.5) is 17.5 Å². The van der Waals surface area contributed by atoms with Crippen LogP contribution in [0.3, 0.4) is 0 Å². The number of halogens is 1. The number of benzene rings is 1. The van der Waals surface area contributed by atoms with Gasteiger partial charge in [-0.2, -0.15) is 4.98 Å². The fourth-order valence-electron chi connectivity index (χ4n) is 1.42. The van der Waals surface area contributed by atoms with Crippen molar-refractivity contribution in [3.8, 4) is 0 Å². The van der Waals surface area contributed by atoms with Gasteiger partial charge in [0, 0.05) is 22.5 Å². The Labute approximate surface area is 114 Å². The first-order chi connectivity index (χ1) is 8.19. The zero-order valence-electron chi connectivity index (χ0n) is 9.66. The fourth-order valence-corrected chi connectivity index (χ4v) is 1.91. The molecule has 0 aliphatic rings. The number of nitrogens with zero attached hydrogens (tertiary/aromatic N) is 2. The molecule has 1 heterocycles. The monoisotopic (exact) mass is 340 g/mol. The van der Waals surface area contributed by atoms with Crippen molar-refractivity contribution in [2.24, 2.45) is 0 Å². The molecular weight excluding hydrogens is 327 g/mol. The van der Waals surface area contributed by atoms with Gasteiger partial charge in [-0.1, -0.05) is 6.07 Å². The standard InChI is InChI=1S/C12H13IN4/c1-8-3-4-9(13)7-10(8)16-11-5-6-15-12(14-2)17-11/h3-7H,1-2H3,(H2,14,15,16,17). The van der Waals surface area contributed by atoms with Crippen LogP contribution in [0.25, 0.3) is 0 Å². The van der Waals surface area contributed by atoms with E-state index >= 15 is 0 Å². The Morgan fingerprint density at radius 1 is 1.24 bits per heavy atom. The third-order valence-electron chi connectivity index (χ3n) is 2.34. The van der Waals surface area contributed by atoms with E-state index < -0.39 is 0 Å². The summed E-state index contributed by atoms with van der Waals surface area (Å²) in [4.78, 5) is 8.40. The lowest BCUT2D eigenvalue weighted by atomic mass is 10.2. The van der Waals surface area contributed by atoms with E-state index in [9.17, 15) is 0 Å². The van der Waals surface area contributed by atoms with Crippen LogP contribution in [0.2, 0.25) is 0 Å².